The van der Waals surface area contributed by atoms with Gasteiger partial charge in [-0.3, -0.25) is 9.79 Å². The van der Waals surface area contributed by atoms with Gasteiger partial charge in [0.1, 0.15) is 0 Å². The maximum atomic E-state index is 12.0. The average Bonchev–Trinajstić information content (AvgIpc) is 2.71. The number of hydrogen-bond acceptors (Lipinski definition) is 4. The number of aliphatic imine (C=N–C) groups is 1. The molecule has 2 aromatic carbocycles. The van der Waals surface area contributed by atoms with Crippen molar-refractivity contribution in [2.24, 2.45) is 10.7 Å². The minimum Gasteiger partial charge on any atom is -0.493 e. The Labute approximate surface area is 193 Å². The van der Waals surface area contributed by atoms with Gasteiger partial charge >= 0.3 is 0 Å². The number of ether oxygens (including phenoxy) is 2. The van der Waals surface area contributed by atoms with Gasteiger partial charge < -0.3 is 25.8 Å². The molecule has 2 rings (SSSR count). The molecule has 0 spiro atoms. The normalized spacial score (nSPS) is 10.7. The van der Waals surface area contributed by atoms with Crippen molar-refractivity contribution in [3.8, 4) is 11.5 Å². The van der Waals surface area contributed by atoms with Crippen LogP contribution in [-0.4, -0.2) is 45.7 Å². The van der Waals surface area contributed by atoms with Crippen LogP contribution < -0.4 is 25.8 Å². The Bertz CT molecular complexity index is 833. The van der Waals surface area contributed by atoms with Gasteiger partial charge in [-0.1, -0.05) is 29.8 Å². The molecular weight excluding hydrogens is 507 g/mol. The van der Waals surface area contributed by atoms with Crippen molar-refractivity contribution in [3.63, 3.8) is 0 Å². The number of methoxy groups -OCH3 is 2. The summed E-state index contributed by atoms with van der Waals surface area (Å²) in [5.74, 6) is 1.47. The second-order valence-electron chi connectivity index (χ2n) is 5.87. The summed E-state index contributed by atoms with van der Waals surface area (Å²) in [6.07, 6.45) is 0.714. The Kier molecular flexibility index (Phi) is 11.2. The van der Waals surface area contributed by atoms with Crippen LogP contribution in [0.1, 0.15) is 15.9 Å². The minimum atomic E-state index is -0.226. The first-order valence-electron chi connectivity index (χ1n) is 8.82. The number of nitrogens with zero attached hydrogens (tertiary/aromatic N) is 1. The molecule has 0 atom stereocenters. The summed E-state index contributed by atoms with van der Waals surface area (Å²) in [4.78, 5) is 16.3. The van der Waals surface area contributed by atoms with Crippen LogP contribution in [0.3, 0.4) is 0 Å². The van der Waals surface area contributed by atoms with E-state index in [1.165, 1.54) is 0 Å². The lowest BCUT2D eigenvalue weighted by atomic mass is 10.1. The van der Waals surface area contributed by atoms with E-state index in [4.69, 9.17) is 26.8 Å². The second kappa shape index (κ2) is 13.1. The molecule has 0 aliphatic carbocycles. The maximum Gasteiger partial charge on any atom is 0.252 e. The van der Waals surface area contributed by atoms with Crippen LogP contribution in [0.4, 0.5) is 0 Å². The number of carbonyl (C=O) groups excluding carboxylic acids is 1. The maximum absolute atomic E-state index is 12.0. The highest BCUT2D eigenvalue weighted by Gasteiger charge is 2.08. The summed E-state index contributed by atoms with van der Waals surface area (Å²) in [5, 5.41) is 6.17. The molecule has 9 heteroatoms. The van der Waals surface area contributed by atoms with Gasteiger partial charge in [-0.05, 0) is 36.2 Å². The molecule has 0 aliphatic heterocycles. The highest BCUT2D eigenvalue weighted by molar-refractivity contribution is 14.0. The SMILES string of the molecule is COc1ccc(CCN=C(N)NCCNC(=O)c2ccccc2Cl)cc1OC.I. The quantitative estimate of drug-likeness (QED) is 0.200. The Hall–Kier alpha value is -2.20. The molecule has 0 radical (unpaired) electrons. The first kappa shape index (κ1) is 24.8. The number of guanidine groups is 1. The summed E-state index contributed by atoms with van der Waals surface area (Å²) < 4.78 is 10.5. The van der Waals surface area contributed by atoms with Crippen LogP contribution in [-0.2, 0) is 6.42 Å². The smallest absolute Gasteiger partial charge is 0.252 e. The number of nitrogens with two attached hydrogens (primary N) is 1. The Morgan fingerprint density at radius 3 is 2.45 bits per heavy atom. The van der Waals surface area contributed by atoms with Crippen LogP contribution in [0, 0.1) is 0 Å². The van der Waals surface area contributed by atoms with Gasteiger partial charge in [-0.25, -0.2) is 0 Å². The zero-order valence-corrected chi connectivity index (χ0v) is 19.5. The van der Waals surface area contributed by atoms with E-state index in [1.807, 2.05) is 18.2 Å². The lowest BCUT2D eigenvalue weighted by Crippen LogP contribution is -2.38. The molecule has 7 nitrogen and oxygen atoms in total. The molecule has 158 valence electrons. The van der Waals surface area contributed by atoms with E-state index in [9.17, 15) is 4.79 Å². The number of halogens is 2. The molecule has 1 amide bonds. The fraction of sp³-hybridized carbons (Fsp3) is 0.300. The van der Waals surface area contributed by atoms with Crippen molar-refractivity contribution in [2.75, 3.05) is 33.9 Å². The monoisotopic (exact) mass is 532 g/mol. The standard InChI is InChI=1S/C20H25ClN4O3.HI/c1-27-17-8-7-14(13-18(17)28-2)9-10-24-20(22)25-12-11-23-19(26)15-5-3-4-6-16(15)21;/h3-8,13H,9-12H2,1-2H3,(H,23,26)(H3,22,24,25);1H. The van der Waals surface area contributed by atoms with Crippen molar-refractivity contribution in [1.29, 1.82) is 0 Å². The van der Waals surface area contributed by atoms with Crippen LogP contribution in [0.25, 0.3) is 0 Å². The fourth-order valence-corrected chi connectivity index (χ4v) is 2.73. The van der Waals surface area contributed by atoms with Crippen molar-refractivity contribution < 1.29 is 14.3 Å². The molecule has 0 unspecified atom stereocenters. The Balaban J connectivity index is 0.00000420. The largest absolute Gasteiger partial charge is 0.493 e. The van der Waals surface area contributed by atoms with Crippen molar-refractivity contribution in [1.82, 2.24) is 10.6 Å². The predicted molar refractivity (Wildman–Crippen MR) is 127 cm³/mol. The predicted octanol–water partition coefficient (Wildman–Crippen LogP) is 2.85. The molecule has 29 heavy (non-hydrogen) atoms. The minimum absolute atomic E-state index is 0. The first-order chi connectivity index (χ1) is 13.5. The van der Waals surface area contributed by atoms with Crippen LogP contribution in [0.15, 0.2) is 47.5 Å². The van der Waals surface area contributed by atoms with Gasteiger partial charge in [-0.2, -0.15) is 0 Å². The molecule has 0 heterocycles. The third-order valence-electron chi connectivity index (χ3n) is 3.97. The first-order valence-corrected chi connectivity index (χ1v) is 9.20. The van der Waals surface area contributed by atoms with Crippen molar-refractivity contribution >= 4 is 47.4 Å². The lowest BCUT2D eigenvalue weighted by molar-refractivity contribution is 0.0954. The molecule has 0 saturated heterocycles. The number of hydrogen-bond donors (Lipinski definition) is 3. The molecule has 2 aromatic rings. The van der Waals surface area contributed by atoms with E-state index in [2.05, 4.69) is 15.6 Å². The van der Waals surface area contributed by atoms with Crippen molar-refractivity contribution in [2.45, 2.75) is 6.42 Å². The zero-order valence-electron chi connectivity index (χ0n) is 16.4. The van der Waals surface area contributed by atoms with E-state index in [0.29, 0.717) is 54.1 Å². The van der Waals surface area contributed by atoms with Gasteiger partial charge in [0, 0.05) is 19.6 Å². The van der Waals surface area contributed by atoms with Gasteiger partial charge in [0.25, 0.3) is 5.91 Å². The van der Waals surface area contributed by atoms with Crippen molar-refractivity contribution in [3.05, 3.63) is 58.6 Å². The topological polar surface area (TPSA) is 98.0 Å². The third kappa shape index (κ3) is 7.98. The average molecular weight is 533 g/mol. The van der Waals surface area contributed by atoms with Gasteiger partial charge in [0.15, 0.2) is 17.5 Å². The summed E-state index contributed by atoms with van der Waals surface area (Å²) in [6, 6.07) is 12.6. The summed E-state index contributed by atoms with van der Waals surface area (Å²) >= 11 is 6.00. The summed E-state index contributed by atoms with van der Waals surface area (Å²) in [5.41, 5.74) is 7.37. The van der Waals surface area contributed by atoms with E-state index in [1.54, 1.807) is 38.5 Å². The summed E-state index contributed by atoms with van der Waals surface area (Å²) in [7, 11) is 3.21. The Morgan fingerprint density at radius 2 is 1.76 bits per heavy atom. The molecule has 0 bridgehead atoms. The highest BCUT2D eigenvalue weighted by Crippen LogP contribution is 2.27. The van der Waals surface area contributed by atoms with Crippen LogP contribution >= 0.6 is 35.6 Å². The fourth-order valence-electron chi connectivity index (χ4n) is 2.50. The van der Waals surface area contributed by atoms with E-state index < -0.39 is 0 Å². The van der Waals surface area contributed by atoms with Crippen LogP contribution in [0.2, 0.25) is 5.02 Å². The zero-order chi connectivity index (χ0) is 20.4. The van der Waals surface area contributed by atoms with Gasteiger partial charge in [0.05, 0.1) is 24.8 Å². The number of nitrogens with one attached hydrogen (secondary N) is 2. The van der Waals surface area contributed by atoms with E-state index in [0.717, 1.165) is 5.56 Å². The van der Waals surface area contributed by atoms with Gasteiger partial charge in [-0.15, -0.1) is 24.0 Å². The van der Waals surface area contributed by atoms with Crippen LogP contribution in [0.5, 0.6) is 11.5 Å². The summed E-state index contributed by atoms with van der Waals surface area (Å²) in [6.45, 7) is 1.39. The van der Waals surface area contributed by atoms with E-state index in [-0.39, 0.29) is 29.9 Å². The molecular formula is C20H26ClIN4O3. The molecule has 0 saturated carbocycles. The number of rotatable bonds is 9. The number of benzene rings is 2. The molecule has 0 aromatic heterocycles. The lowest BCUT2D eigenvalue weighted by Gasteiger charge is -2.10. The highest BCUT2D eigenvalue weighted by atomic mass is 127. The third-order valence-corrected chi connectivity index (χ3v) is 4.30. The second-order valence-corrected chi connectivity index (χ2v) is 6.28. The molecule has 0 fully saturated rings. The number of carbonyl (C=O) groups is 1. The number of amides is 1. The Morgan fingerprint density at radius 1 is 1.07 bits per heavy atom. The van der Waals surface area contributed by atoms with E-state index >= 15 is 0 Å². The molecule has 0 aliphatic rings. The molecule has 4 N–H and O–H groups in total. The van der Waals surface area contributed by atoms with Gasteiger partial charge in [0.2, 0.25) is 0 Å².